The molecule has 2 rings (SSSR count). The lowest BCUT2D eigenvalue weighted by Gasteiger charge is -2.25. The Bertz CT molecular complexity index is 327. The summed E-state index contributed by atoms with van der Waals surface area (Å²) in [6, 6.07) is 6.33. The van der Waals surface area contributed by atoms with Crippen LogP contribution in [0.5, 0.6) is 5.75 Å². The first-order valence-electron chi connectivity index (χ1n) is 4.97. The highest BCUT2D eigenvalue weighted by molar-refractivity contribution is 7.99. The van der Waals surface area contributed by atoms with Crippen LogP contribution in [0.1, 0.15) is 13.8 Å². The fourth-order valence-corrected chi connectivity index (χ4v) is 2.22. The highest BCUT2D eigenvalue weighted by atomic mass is 32.2. The number of thioether (sulfide) groups is 1. The highest BCUT2D eigenvalue weighted by Crippen LogP contribution is 2.32. The topological polar surface area (TPSA) is 21.3 Å². The van der Waals surface area contributed by atoms with Crippen LogP contribution in [0.15, 0.2) is 23.1 Å². The number of rotatable bonds is 2. The standard InChI is InChI=1S/C11H15NOS/c1-3-14-9-4-5-11-10(6-9)12-7-8(2)13-11/h4-6,8,12H,3,7H2,1-2H3. The Morgan fingerprint density at radius 1 is 1.57 bits per heavy atom. The van der Waals surface area contributed by atoms with Crippen LogP contribution in [0.2, 0.25) is 0 Å². The molecule has 14 heavy (non-hydrogen) atoms. The first-order valence-corrected chi connectivity index (χ1v) is 5.95. The second-order valence-corrected chi connectivity index (χ2v) is 4.74. The molecule has 1 unspecified atom stereocenters. The van der Waals surface area contributed by atoms with Crippen molar-refractivity contribution in [1.29, 1.82) is 0 Å². The molecule has 1 aromatic carbocycles. The van der Waals surface area contributed by atoms with E-state index in [4.69, 9.17) is 4.74 Å². The lowest BCUT2D eigenvalue weighted by molar-refractivity contribution is 0.226. The smallest absolute Gasteiger partial charge is 0.142 e. The predicted octanol–water partition coefficient (Wildman–Crippen LogP) is 2.99. The molecule has 1 aromatic rings. The van der Waals surface area contributed by atoms with Gasteiger partial charge in [0.05, 0.1) is 12.2 Å². The molecule has 0 aliphatic carbocycles. The lowest BCUT2D eigenvalue weighted by Crippen LogP contribution is -2.27. The molecule has 0 spiro atoms. The van der Waals surface area contributed by atoms with E-state index in [2.05, 4.69) is 37.4 Å². The molecule has 2 nitrogen and oxygen atoms in total. The average molecular weight is 209 g/mol. The van der Waals surface area contributed by atoms with Crippen molar-refractivity contribution in [3.63, 3.8) is 0 Å². The van der Waals surface area contributed by atoms with Crippen molar-refractivity contribution >= 4 is 17.4 Å². The number of nitrogens with one attached hydrogen (secondary N) is 1. The molecule has 3 heteroatoms. The van der Waals surface area contributed by atoms with Gasteiger partial charge in [0.15, 0.2) is 0 Å². The van der Waals surface area contributed by atoms with Crippen LogP contribution < -0.4 is 10.1 Å². The Kier molecular flexibility index (Phi) is 2.87. The molecule has 0 saturated heterocycles. The van der Waals surface area contributed by atoms with Crippen molar-refractivity contribution in [2.45, 2.75) is 24.8 Å². The molecule has 0 saturated carbocycles. The number of fused-ring (bicyclic) bond motifs is 1. The van der Waals surface area contributed by atoms with Crippen molar-refractivity contribution in [1.82, 2.24) is 0 Å². The van der Waals surface area contributed by atoms with Gasteiger partial charge in [0, 0.05) is 4.90 Å². The molecule has 0 amide bonds. The summed E-state index contributed by atoms with van der Waals surface area (Å²) in [5.74, 6) is 2.08. The monoisotopic (exact) mass is 209 g/mol. The predicted molar refractivity (Wildman–Crippen MR) is 61.4 cm³/mol. The van der Waals surface area contributed by atoms with Gasteiger partial charge >= 0.3 is 0 Å². The molecular weight excluding hydrogens is 194 g/mol. The van der Waals surface area contributed by atoms with Gasteiger partial charge in [-0.25, -0.2) is 0 Å². The van der Waals surface area contributed by atoms with E-state index < -0.39 is 0 Å². The van der Waals surface area contributed by atoms with Gasteiger partial charge in [-0.2, -0.15) is 0 Å². The van der Waals surface area contributed by atoms with Gasteiger partial charge in [0.1, 0.15) is 11.9 Å². The van der Waals surface area contributed by atoms with E-state index in [9.17, 15) is 0 Å². The SMILES string of the molecule is CCSc1ccc2c(c1)NCC(C)O2. The summed E-state index contributed by atoms with van der Waals surface area (Å²) in [5.41, 5.74) is 1.13. The van der Waals surface area contributed by atoms with E-state index in [-0.39, 0.29) is 6.10 Å². The maximum atomic E-state index is 5.69. The molecule has 1 N–H and O–H groups in total. The Labute approximate surface area is 89.0 Å². The van der Waals surface area contributed by atoms with Crippen LogP contribution in [-0.4, -0.2) is 18.4 Å². The molecule has 1 aliphatic rings. The summed E-state index contributed by atoms with van der Waals surface area (Å²) >= 11 is 1.85. The second kappa shape index (κ2) is 4.13. The van der Waals surface area contributed by atoms with E-state index in [1.54, 1.807) is 0 Å². The molecule has 1 heterocycles. The molecule has 0 aromatic heterocycles. The summed E-state index contributed by atoms with van der Waals surface area (Å²) in [6.45, 7) is 5.13. The first-order chi connectivity index (χ1) is 6.79. The third-order valence-electron chi connectivity index (χ3n) is 2.17. The van der Waals surface area contributed by atoms with Crippen molar-refractivity contribution < 1.29 is 4.74 Å². The van der Waals surface area contributed by atoms with Gasteiger partial charge < -0.3 is 10.1 Å². The second-order valence-electron chi connectivity index (χ2n) is 3.40. The third-order valence-corrected chi connectivity index (χ3v) is 3.05. The van der Waals surface area contributed by atoms with E-state index in [0.29, 0.717) is 0 Å². The van der Waals surface area contributed by atoms with Gasteiger partial charge in [0.25, 0.3) is 0 Å². The van der Waals surface area contributed by atoms with Crippen LogP contribution in [0, 0.1) is 0 Å². The summed E-state index contributed by atoms with van der Waals surface area (Å²) in [7, 11) is 0. The molecule has 1 atom stereocenters. The number of ether oxygens (including phenoxy) is 1. The van der Waals surface area contributed by atoms with Gasteiger partial charge in [-0.1, -0.05) is 6.92 Å². The number of hydrogen-bond donors (Lipinski definition) is 1. The summed E-state index contributed by atoms with van der Waals surface area (Å²) in [5, 5.41) is 3.37. The number of anilines is 1. The maximum absolute atomic E-state index is 5.69. The third kappa shape index (κ3) is 1.98. The van der Waals surface area contributed by atoms with Crippen molar-refractivity contribution in [2.24, 2.45) is 0 Å². The van der Waals surface area contributed by atoms with Crippen LogP contribution in [-0.2, 0) is 0 Å². The minimum Gasteiger partial charge on any atom is -0.487 e. The van der Waals surface area contributed by atoms with E-state index in [1.807, 2.05) is 11.8 Å². The molecular formula is C11H15NOS. The largest absolute Gasteiger partial charge is 0.487 e. The van der Waals surface area contributed by atoms with Gasteiger partial charge in [-0.3, -0.25) is 0 Å². The molecule has 76 valence electrons. The minimum atomic E-state index is 0.271. The van der Waals surface area contributed by atoms with Gasteiger partial charge in [-0.05, 0) is 30.9 Å². The molecule has 0 fully saturated rings. The van der Waals surface area contributed by atoms with Crippen molar-refractivity contribution in [2.75, 3.05) is 17.6 Å². The first kappa shape index (κ1) is 9.71. The Morgan fingerprint density at radius 3 is 3.21 bits per heavy atom. The fourth-order valence-electron chi connectivity index (χ4n) is 1.52. The molecule has 0 radical (unpaired) electrons. The maximum Gasteiger partial charge on any atom is 0.142 e. The van der Waals surface area contributed by atoms with E-state index in [0.717, 1.165) is 23.7 Å². The Morgan fingerprint density at radius 2 is 2.43 bits per heavy atom. The number of hydrogen-bond acceptors (Lipinski definition) is 3. The minimum absolute atomic E-state index is 0.271. The Hall–Kier alpha value is -0.830. The summed E-state index contributed by atoms with van der Waals surface area (Å²) in [4.78, 5) is 1.30. The van der Waals surface area contributed by atoms with Crippen LogP contribution >= 0.6 is 11.8 Å². The average Bonchev–Trinajstić information content (AvgIpc) is 2.19. The highest BCUT2D eigenvalue weighted by Gasteiger charge is 2.14. The molecule has 0 bridgehead atoms. The lowest BCUT2D eigenvalue weighted by atomic mass is 10.2. The van der Waals surface area contributed by atoms with Gasteiger partial charge in [0.2, 0.25) is 0 Å². The molecule has 1 aliphatic heterocycles. The zero-order valence-corrected chi connectivity index (χ0v) is 9.36. The van der Waals surface area contributed by atoms with E-state index in [1.165, 1.54) is 4.90 Å². The number of benzene rings is 1. The Balaban J connectivity index is 2.22. The van der Waals surface area contributed by atoms with Gasteiger partial charge in [-0.15, -0.1) is 11.8 Å². The van der Waals surface area contributed by atoms with Crippen LogP contribution in [0.3, 0.4) is 0 Å². The fraction of sp³-hybridized carbons (Fsp3) is 0.455. The quantitative estimate of drug-likeness (QED) is 0.757. The van der Waals surface area contributed by atoms with Crippen LogP contribution in [0.25, 0.3) is 0 Å². The van der Waals surface area contributed by atoms with Crippen molar-refractivity contribution in [3.8, 4) is 5.75 Å². The zero-order valence-electron chi connectivity index (χ0n) is 8.54. The normalized spacial score (nSPS) is 19.4. The van der Waals surface area contributed by atoms with Crippen molar-refractivity contribution in [3.05, 3.63) is 18.2 Å². The zero-order chi connectivity index (χ0) is 9.97. The van der Waals surface area contributed by atoms with E-state index >= 15 is 0 Å². The summed E-state index contributed by atoms with van der Waals surface area (Å²) in [6.07, 6.45) is 0.271. The summed E-state index contributed by atoms with van der Waals surface area (Å²) < 4.78 is 5.69. The van der Waals surface area contributed by atoms with Crippen LogP contribution in [0.4, 0.5) is 5.69 Å².